The Kier molecular flexibility index (Phi) is 33.3. The van der Waals surface area contributed by atoms with Crippen molar-refractivity contribution in [2.24, 2.45) is 41.4 Å². The van der Waals surface area contributed by atoms with Crippen LogP contribution in [0.1, 0.15) is 159 Å². The summed E-state index contributed by atoms with van der Waals surface area (Å²) in [6, 6.07) is -7.88. The summed E-state index contributed by atoms with van der Waals surface area (Å²) in [5.41, 5.74) is 1.43. The standard InChI is InChI=1S/C73H123N15O14/c1-24-50-69(97)81(17)39-58(89)82(18)53(33-40(2)3)66(94)80-59(44(10)11)72(100)83(19)54(34-41(4)5)65(93)75-47(15)63(91)76-48(16)68(96)84(20)55(35-42(6)7)70(98)85(21)56(36-43(8)9)71(99)86(22)60(45(12)13)73(101)87(23)61(67(95)79-50)62(90)46(14)37-57-77-51-26-25-49(38-52(51)78-57)64(92)74-27-28-88-29-31-102-32-30-88/h25-26,38,40-48,50,53-56,59-62,90H,24,27-37,39H2,1-23H3,(H,74,92)(H,75,93)(H,76,91)(H,77,78)(H,79,95)(H,80,94)/t46-,47+,48-,50+,53+,54+,55+,56+,59+,60+,61+,62-/m1/s1. The molecular weight excluding hydrogens is 1310 g/mol. The molecule has 1 aromatic carbocycles. The molecule has 3 heterocycles. The van der Waals surface area contributed by atoms with Gasteiger partial charge in [0.15, 0.2) is 0 Å². The van der Waals surface area contributed by atoms with Crippen LogP contribution in [0.5, 0.6) is 0 Å². The van der Waals surface area contributed by atoms with E-state index in [2.05, 4.69) is 36.5 Å². The molecule has 2 fully saturated rings. The van der Waals surface area contributed by atoms with E-state index in [1.165, 1.54) is 87.7 Å². The number of hydrogen-bond donors (Lipinski definition) is 7. The Bertz CT molecular complexity index is 3220. The van der Waals surface area contributed by atoms with Gasteiger partial charge in [-0.15, -0.1) is 0 Å². The molecule has 29 heteroatoms. The molecule has 0 saturated carbocycles. The van der Waals surface area contributed by atoms with E-state index in [9.17, 15) is 43.5 Å². The maximum atomic E-state index is 15.6. The number of carbonyl (C=O) groups is 12. The van der Waals surface area contributed by atoms with Gasteiger partial charge in [0.2, 0.25) is 65.0 Å². The van der Waals surface area contributed by atoms with Crippen molar-refractivity contribution in [2.45, 2.75) is 216 Å². The van der Waals surface area contributed by atoms with Crippen molar-refractivity contribution < 1.29 is 67.4 Å². The summed E-state index contributed by atoms with van der Waals surface area (Å²) in [6.07, 6.45) is -1.23. The third-order valence-corrected chi connectivity index (χ3v) is 19.5. The van der Waals surface area contributed by atoms with Crippen LogP contribution in [0.15, 0.2) is 18.2 Å². The number of nitrogens with zero attached hydrogens (tertiary/aromatic N) is 9. The molecule has 29 nitrogen and oxygen atoms in total. The van der Waals surface area contributed by atoms with Gasteiger partial charge in [0.1, 0.15) is 66.2 Å². The van der Waals surface area contributed by atoms with E-state index in [1.54, 1.807) is 59.7 Å². The van der Waals surface area contributed by atoms with Crippen LogP contribution in [0.25, 0.3) is 11.0 Å². The second-order valence-corrected chi connectivity index (χ2v) is 30.6. The molecule has 0 spiro atoms. The number of aromatic nitrogens is 2. The molecule has 0 radical (unpaired) electrons. The number of aliphatic hydroxyl groups excluding tert-OH is 1. The zero-order valence-electron chi connectivity index (χ0n) is 65.1. The average Bonchev–Trinajstić information content (AvgIpc) is 1.18. The van der Waals surface area contributed by atoms with Gasteiger partial charge in [-0.2, -0.15) is 0 Å². The monoisotopic (exact) mass is 1430 g/mol. The van der Waals surface area contributed by atoms with Gasteiger partial charge in [0.25, 0.3) is 5.91 Å². The topological polar surface area (TPSA) is 349 Å². The number of aromatic amines is 1. The van der Waals surface area contributed by atoms with Crippen LogP contribution in [0.2, 0.25) is 0 Å². The van der Waals surface area contributed by atoms with E-state index in [4.69, 9.17) is 9.72 Å². The van der Waals surface area contributed by atoms with Crippen molar-refractivity contribution in [3.8, 4) is 0 Å². The number of likely N-dealkylation sites (N-methyl/N-ethyl adjacent to an activating group) is 7. The SMILES string of the molecule is CC[C@@H]1NC(=O)[C@H]([C@H](O)[C@H](C)Cc2nc3ccc(C(=O)NCCN4CCOCC4)cc3[nH]2)N(C)C(=O)[C@H](C(C)C)N(C)C(=O)[C@H](CC(C)C)N(C)C(=O)[C@H](CC(C)C)N(C)C(=O)[C@@H](C)NC(=O)[C@H](C)NC(=O)[C@H](CC(C)C)N(C)C(=O)[C@H](C(C)C)NC(=O)[C@H](CC(C)C)N(C)C(=O)CN(C)C1=O. The minimum absolute atomic E-state index is 0.00435. The summed E-state index contributed by atoms with van der Waals surface area (Å²) >= 11 is 0. The van der Waals surface area contributed by atoms with Crippen LogP contribution in [-0.2, 0) is 63.9 Å². The van der Waals surface area contributed by atoms with Gasteiger partial charge < -0.3 is 75.7 Å². The summed E-state index contributed by atoms with van der Waals surface area (Å²) in [5.74, 6) is -10.5. The Labute approximate surface area is 604 Å². The predicted octanol–water partition coefficient (Wildman–Crippen LogP) is 2.48. The largest absolute Gasteiger partial charge is 0.390 e. The second kappa shape index (κ2) is 39.2. The number of rotatable bonds is 19. The van der Waals surface area contributed by atoms with E-state index >= 15 is 19.2 Å². The summed E-state index contributed by atoms with van der Waals surface area (Å²) < 4.78 is 5.44. The number of aliphatic hydroxyl groups is 1. The predicted molar refractivity (Wildman–Crippen MR) is 388 cm³/mol. The van der Waals surface area contributed by atoms with Crippen LogP contribution in [0.3, 0.4) is 0 Å². The lowest BCUT2D eigenvalue weighted by Crippen LogP contribution is -2.63. The van der Waals surface area contributed by atoms with E-state index in [-0.39, 0.29) is 68.1 Å². The smallest absolute Gasteiger partial charge is 0.251 e. The van der Waals surface area contributed by atoms with Crippen molar-refractivity contribution >= 4 is 81.9 Å². The van der Waals surface area contributed by atoms with Gasteiger partial charge in [-0.25, -0.2) is 4.98 Å². The number of hydrogen-bond acceptors (Lipinski definition) is 16. The molecule has 0 bridgehead atoms. The highest BCUT2D eigenvalue weighted by Gasteiger charge is 2.46. The number of nitrogens with one attached hydrogen (secondary N) is 6. The fraction of sp³-hybridized carbons (Fsp3) is 0.740. The van der Waals surface area contributed by atoms with Crippen molar-refractivity contribution in [3.05, 3.63) is 29.6 Å². The first-order chi connectivity index (χ1) is 47.6. The van der Waals surface area contributed by atoms with Gasteiger partial charge >= 0.3 is 0 Å². The summed E-state index contributed by atoms with van der Waals surface area (Å²) in [5, 5.41) is 26.7. The molecule has 4 rings (SSSR count). The van der Waals surface area contributed by atoms with Crippen molar-refractivity contribution in [3.63, 3.8) is 0 Å². The highest BCUT2D eigenvalue weighted by atomic mass is 16.5. The van der Waals surface area contributed by atoms with Crippen LogP contribution in [0, 0.1) is 41.4 Å². The minimum Gasteiger partial charge on any atom is -0.390 e. The molecule has 2 aliphatic rings. The fourth-order valence-corrected chi connectivity index (χ4v) is 13.2. The minimum atomic E-state index is -1.77. The van der Waals surface area contributed by atoms with Crippen LogP contribution >= 0.6 is 0 Å². The van der Waals surface area contributed by atoms with Crippen molar-refractivity contribution in [1.82, 2.24) is 75.8 Å². The molecule has 0 unspecified atom stereocenters. The van der Waals surface area contributed by atoms with Gasteiger partial charge in [0, 0.05) is 87.5 Å². The molecule has 12 atom stereocenters. The van der Waals surface area contributed by atoms with Crippen LogP contribution < -0.4 is 26.6 Å². The first-order valence-electron chi connectivity index (χ1n) is 36.4. The maximum absolute atomic E-state index is 15.6. The number of H-pyrrole nitrogens is 1. The van der Waals surface area contributed by atoms with E-state index in [0.29, 0.717) is 48.7 Å². The number of amides is 12. The number of morpholine rings is 1. The van der Waals surface area contributed by atoms with E-state index < -0.39 is 156 Å². The first-order valence-corrected chi connectivity index (χ1v) is 36.4. The van der Waals surface area contributed by atoms with Crippen LogP contribution in [-0.4, -0.2) is 287 Å². The molecule has 7 N–H and O–H groups in total. The van der Waals surface area contributed by atoms with Crippen molar-refractivity contribution in [2.75, 3.05) is 95.3 Å². The fourth-order valence-electron chi connectivity index (χ4n) is 13.2. The Hall–Kier alpha value is -7.79. The molecule has 2 aliphatic heterocycles. The number of ether oxygens (including phenoxy) is 1. The number of imidazole rings is 1. The Morgan fingerprint density at radius 3 is 1.58 bits per heavy atom. The normalized spacial score (nSPS) is 25.4. The zero-order chi connectivity index (χ0) is 77.2. The molecule has 1 aromatic heterocycles. The Morgan fingerprint density at radius 1 is 0.559 bits per heavy atom. The third-order valence-electron chi connectivity index (χ3n) is 19.5. The van der Waals surface area contributed by atoms with E-state index in [1.807, 2.05) is 55.4 Å². The highest BCUT2D eigenvalue weighted by Crippen LogP contribution is 2.27. The quantitative estimate of drug-likeness (QED) is 0.106. The summed E-state index contributed by atoms with van der Waals surface area (Å²) in [7, 11) is 9.82. The highest BCUT2D eigenvalue weighted by molar-refractivity contribution is 6.00. The van der Waals surface area contributed by atoms with Gasteiger partial charge in [-0.05, 0) is 106 Å². The second-order valence-electron chi connectivity index (χ2n) is 30.6. The maximum Gasteiger partial charge on any atom is 0.251 e. The number of carbonyl (C=O) groups excluding carboxylic acids is 12. The molecule has 574 valence electrons. The molecule has 0 aliphatic carbocycles. The lowest BCUT2D eigenvalue weighted by molar-refractivity contribution is -0.157. The average molecular weight is 1430 g/mol. The molecule has 2 saturated heterocycles. The third kappa shape index (κ3) is 23.4. The van der Waals surface area contributed by atoms with Gasteiger partial charge in [-0.3, -0.25) is 62.4 Å². The lowest BCUT2D eigenvalue weighted by atomic mass is 9.91. The summed E-state index contributed by atoms with van der Waals surface area (Å²) in [6.45, 7) is 31.2. The van der Waals surface area contributed by atoms with E-state index in [0.717, 1.165) is 22.9 Å². The summed E-state index contributed by atoms with van der Waals surface area (Å²) in [4.78, 5) is 195. The number of benzene rings is 1. The molecular formula is C73H123N15O14. The molecule has 2 aromatic rings. The molecule has 12 amide bonds. The Morgan fingerprint density at radius 2 is 1.05 bits per heavy atom. The number of fused-ring (bicyclic) bond motifs is 1. The molecule has 102 heavy (non-hydrogen) atoms. The van der Waals surface area contributed by atoms with Gasteiger partial charge in [0.05, 0.1) is 36.9 Å². The first kappa shape index (κ1) is 86.6. The van der Waals surface area contributed by atoms with Crippen LogP contribution in [0.4, 0.5) is 0 Å². The Balaban J connectivity index is 1.88. The zero-order valence-corrected chi connectivity index (χ0v) is 65.1. The lowest BCUT2D eigenvalue weighted by Gasteiger charge is -2.41. The van der Waals surface area contributed by atoms with Crippen molar-refractivity contribution in [1.29, 1.82) is 0 Å². The van der Waals surface area contributed by atoms with Gasteiger partial charge in [-0.1, -0.05) is 96.9 Å².